The Bertz CT molecular complexity index is 565. The van der Waals surface area contributed by atoms with Crippen LogP contribution in [-0.2, 0) is 0 Å². The molecule has 4 heteroatoms. The Labute approximate surface area is 105 Å². The minimum absolute atomic E-state index is 0.210. The standard InChI is InChI=1S/C14H15FN2O/c15-12-3-1-2-10-4-5-13(16-14(10)12)17-8-6-11(18)7-9-17/h1-5,11,18H,6-9H2. The number of halogens is 1. The topological polar surface area (TPSA) is 36.4 Å². The average molecular weight is 246 g/mol. The molecule has 3 nitrogen and oxygen atoms in total. The number of hydrogen-bond donors (Lipinski definition) is 1. The van der Waals surface area contributed by atoms with Crippen LogP contribution in [0.3, 0.4) is 0 Å². The molecule has 0 aliphatic carbocycles. The predicted molar refractivity (Wildman–Crippen MR) is 69.2 cm³/mol. The van der Waals surface area contributed by atoms with Gasteiger partial charge in [-0.15, -0.1) is 0 Å². The van der Waals surface area contributed by atoms with Crippen LogP contribution in [0.25, 0.3) is 10.9 Å². The Morgan fingerprint density at radius 1 is 1.17 bits per heavy atom. The Balaban J connectivity index is 1.95. The van der Waals surface area contributed by atoms with Crippen molar-refractivity contribution in [2.75, 3.05) is 18.0 Å². The maximum absolute atomic E-state index is 13.7. The van der Waals surface area contributed by atoms with Crippen molar-refractivity contribution in [1.82, 2.24) is 4.98 Å². The van der Waals surface area contributed by atoms with Crippen LogP contribution in [0.2, 0.25) is 0 Å². The molecular weight excluding hydrogens is 231 g/mol. The molecule has 1 aromatic carbocycles. The summed E-state index contributed by atoms with van der Waals surface area (Å²) in [6.07, 6.45) is 1.28. The molecule has 1 fully saturated rings. The number of fused-ring (bicyclic) bond motifs is 1. The Morgan fingerprint density at radius 2 is 1.94 bits per heavy atom. The van der Waals surface area contributed by atoms with Gasteiger partial charge in [0, 0.05) is 18.5 Å². The molecule has 94 valence electrons. The predicted octanol–water partition coefficient (Wildman–Crippen LogP) is 2.33. The van der Waals surface area contributed by atoms with Gasteiger partial charge in [0.1, 0.15) is 17.2 Å². The van der Waals surface area contributed by atoms with E-state index in [-0.39, 0.29) is 11.9 Å². The summed E-state index contributed by atoms with van der Waals surface area (Å²) in [6, 6.07) is 8.79. The normalized spacial score (nSPS) is 17.3. The largest absolute Gasteiger partial charge is 0.393 e. The van der Waals surface area contributed by atoms with E-state index in [1.165, 1.54) is 6.07 Å². The number of hydrogen-bond acceptors (Lipinski definition) is 3. The van der Waals surface area contributed by atoms with E-state index in [2.05, 4.69) is 9.88 Å². The van der Waals surface area contributed by atoms with Crippen LogP contribution in [0, 0.1) is 5.82 Å². The second kappa shape index (κ2) is 4.53. The van der Waals surface area contributed by atoms with E-state index in [9.17, 15) is 9.50 Å². The second-order valence-corrected chi connectivity index (χ2v) is 4.70. The summed E-state index contributed by atoms with van der Waals surface area (Å²) in [5, 5.41) is 10.3. The number of nitrogens with zero attached hydrogens (tertiary/aromatic N) is 2. The molecular formula is C14H15FN2O. The van der Waals surface area contributed by atoms with Gasteiger partial charge in [-0.3, -0.25) is 0 Å². The summed E-state index contributed by atoms with van der Waals surface area (Å²) >= 11 is 0. The third-order valence-corrected chi connectivity index (χ3v) is 3.44. The van der Waals surface area contributed by atoms with E-state index in [4.69, 9.17) is 0 Å². The highest BCUT2D eigenvalue weighted by Gasteiger charge is 2.18. The lowest BCUT2D eigenvalue weighted by molar-refractivity contribution is 0.145. The monoisotopic (exact) mass is 246 g/mol. The summed E-state index contributed by atoms with van der Waals surface area (Å²) in [6.45, 7) is 1.54. The maximum Gasteiger partial charge on any atom is 0.149 e. The summed E-state index contributed by atoms with van der Waals surface area (Å²) in [5.74, 6) is 0.505. The van der Waals surface area contributed by atoms with Gasteiger partial charge in [0.05, 0.1) is 6.10 Å². The van der Waals surface area contributed by atoms with Gasteiger partial charge < -0.3 is 10.0 Å². The molecule has 0 radical (unpaired) electrons. The molecule has 1 aromatic heterocycles. The minimum Gasteiger partial charge on any atom is -0.393 e. The van der Waals surface area contributed by atoms with Crippen LogP contribution in [0.1, 0.15) is 12.8 Å². The molecule has 0 spiro atoms. The van der Waals surface area contributed by atoms with Crippen molar-refractivity contribution < 1.29 is 9.50 Å². The SMILES string of the molecule is OC1CCN(c2ccc3cccc(F)c3n2)CC1. The van der Waals surface area contributed by atoms with Crippen LogP contribution in [0.4, 0.5) is 10.2 Å². The molecule has 18 heavy (non-hydrogen) atoms. The van der Waals surface area contributed by atoms with Crippen molar-refractivity contribution >= 4 is 16.7 Å². The van der Waals surface area contributed by atoms with E-state index in [1.54, 1.807) is 6.07 Å². The lowest BCUT2D eigenvalue weighted by atomic mass is 10.1. The van der Waals surface area contributed by atoms with Gasteiger partial charge in [-0.1, -0.05) is 12.1 Å². The smallest absolute Gasteiger partial charge is 0.149 e. The zero-order valence-electron chi connectivity index (χ0n) is 10.0. The third kappa shape index (κ3) is 2.04. The second-order valence-electron chi connectivity index (χ2n) is 4.70. The first-order valence-corrected chi connectivity index (χ1v) is 6.22. The fourth-order valence-corrected chi connectivity index (χ4v) is 2.37. The van der Waals surface area contributed by atoms with Crippen LogP contribution in [0.15, 0.2) is 30.3 Å². The summed E-state index contributed by atoms with van der Waals surface area (Å²) < 4.78 is 13.7. The molecule has 0 atom stereocenters. The zero-order chi connectivity index (χ0) is 12.5. The van der Waals surface area contributed by atoms with E-state index in [1.807, 2.05) is 18.2 Å². The number of aliphatic hydroxyl groups is 1. The van der Waals surface area contributed by atoms with E-state index in [0.29, 0.717) is 5.52 Å². The molecule has 1 aliphatic heterocycles. The number of rotatable bonds is 1. The molecule has 0 bridgehead atoms. The number of aliphatic hydroxyl groups excluding tert-OH is 1. The molecule has 1 aliphatic rings. The fourth-order valence-electron chi connectivity index (χ4n) is 2.37. The van der Waals surface area contributed by atoms with Crippen LogP contribution >= 0.6 is 0 Å². The summed E-state index contributed by atoms with van der Waals surface area (Å²) in [5.41, 5.74) is 0.418. The molecule has 0 saturated carbocycles. The van der Waals surface area contributed by atoms with Crippen LogP contribution in [0.5, 0.6) is 0 Å². The lowest BCUT2D eigenvalue weighted by Gasteiger charge is -2.30. The number of piperidine rings is 1. The molecule has 0 amide bonds. The highest BCUT2D eigenvalue weighted by Crippen LogP contribution is 2.22. The van der Waals surface area contributed by atoms with Crippen molar-refractivity contribution in [3.63, 3.8) is 0 Å². The molecule has 1 N–H and O–H groups in total. The van der Waals surface area contributed by atoms with Gasteiger partial charge in [0.2, 0.25) is 0 Å². The lowest BCUT2D eigenvalue weighted by Crippen LogP contribution is -2.36. The molecule has 3 rings (SSSR count). The Morgan fingerprint density at radius 3 is 2.72 bits per heavy atom. The molecule has 2 aromatic rings. The van der Waals surface area contributed by atoms with Crippen molar-refractivity contribution in [2.24, 2.45) is 0 Å². The van der Waals surface area contributed by atoms with Gasteiger partial charge in [0.25, 0.3) is 0 Å². The number of pyridine rings is 1. The van der Waals surface area contributed by atoms with Gasteiger partial charge in [-0.2, -0.15) is 0 Å². The first kappa shape index (κ1) is 11.4. The number of anilines is 1. The van der Waals surface area contributed by atoms with Crippen molar-refractivity contribution in [1.29, 1.82) is 0 Å². The van der Waals surface area contributed by atoms with E-state index < -0.39 is 0 Å². The van der Waals surface area contributed by atoms with Gasteiger partial charge in [-0.05, 0) is 31.0 Å². The van der Waals surface area contributed by atoms with E-state index in [0.717, 1.165) is 37.1 Å². The first-order valence-electron chi connectivity index (χ1n) is 6.22. The third-order valence-electron chi connectivity index (χ3n) is 3.44. The minimum atomic E-state index is -0.286. The van der Waals surface area contributed by atoms with Crippen molar-refractivity contribution in [3.05, 3.63) is 36.1 Å². The number of para-hydroxylation sites is 1. The van der Waals surface area contributed by atoms with E-state index >= 15 is 0 Å². The molecule has 1 saturated heterocycles. The van der Waals surface area contributed by atoms with Crippen LogP contribution < -0.4 is 4.90 Å². The quantitative estimate of drug-likeness (QED) is 0.839. The molecule has 2 heterocycles. The maximum atomic E-state index is 13.7. The van der Waals surface area contributed by atoms with Crippen molar-refractivity contribution in [3.8, 4) is 0 Å². The summed E-state index contributed by atoms with van der Waals surface area (Å²) in [4.78, 5) is 6.49. The first-order chi connectivity index (χ1) is 8.74. The fraction of sp³-hybridized carbons (Fsp3) is 0.357. The number of benzene rings is 1. The van der Waals surface area contributed by atoms with Gasteiger partial charge >= 0.3 is 0 Å². The highest BCUT2D eigenvalue weighted by molar-refractivity contribution is 5.80. The Kier molecular flexibility index (Phi) is 2.88. The van der Waals surface area contributed by atoms with Crippen molar-refractivity contribution in [2.45, 2.75) is 18.9 Å². The number of aromatic nitrogens is 1. The highest BCUT2D eigenvalue weighted by atomic mass is 19.1. The molecule has 0 unspecified atom stereocenters. The Hall–Kier alpha value is -1.68. The average Bonchev–Trinajstić information content (AvgIpc) is 2.40. The zero-order valence-corrected chi connectivity index (χ0v) is 10.0. The van der Waals surface area contributed by atoms with Crippen LogP contribution in [-0.4, -0.2) is 29.3 Å². The van der Waals surface area contributed by atoms with Gasteiger partial charge in [-0.25, -0.2) is 9.37 Å². The van der Waals surface area contributed by atoms with Gasteiger partial charge in [0.15, 0.2) is 0 Å². The summed E-state index contributed by atoms with van der Waals surface area (Å²) in [7, 11) is 0.